The Balaban J connectivity index is 3.32. The molecule has 0 aliphatic heterocycles. The maximum Gasteiger partial charge on any atom is 0.137 e. The predicted molar refractivity (Wildman–Crippen MR) is 50.2 cm³/mol. The molecular formula is C8H7BrFNO2. The molecule has 0 fully saturated rings. The third-order valence-electron chi connectivity index (χ3n) is 1.62. The molecule has 0 saturated carbocycles. The van der Waals surface area contributed by atoms with Gasteiger partial charge in [-0.2, -0.15) is 0 Å². The first kappa shape index (κ1) is 10.3. The Morgan fingerprint density at radius 3 is 2.69 bits per heavy atom. The summed E-state index contributed by atoms with van der Waals surface area (Å²) in [6.45, 7) is 1.44. The van der Waals surface area contributed by atoms with Gasteiger partial charge in [-0.15, -0.1) is 4.91 Å². The Morgan fingerprint density at radius 1 is 1.62 bits per heavy atom. The lowest BCUT2D eigenvalue weighted by Gasteiger charge is -2.07. The van der Waals surface area contributed by atoms with Gasteiger partial charge >= 0.3 is 0 Å². The third kappa shape index (κ3) is 2.10. The molecule has 0 spiro atoms. The zero-order chi connectivity index (χ0) is 10.0. The summed E-state index contributed by atoms with van der Waals surface area (Å²) in [4.78, 5) is 10.3. The minimum Gasteiger partial charge on any atom is -0.389 e. The van der Waals surface area contributed by atoms with Crippen LogP contribution in [0, 0.1) is 10.7 Å². The van der Waals surface area contributed by atoms with Gasteiger partial charge in [0.05, 0.1) is 10.6 Å². The zero-order valence-corrected chi connectivity index (χ0v) is 8.38. The van der Waals surface area contributed by atoms with E-state index in [-0.39, 0.29) is 15.7 Å². The summed E-state index contributed by atoms with van der Waals surface area (Å²) in [5.74, 6) is -0.525. The van der Waals surface area contributed by atoms with Crippen LogP contribution in [0.1, 0.15) is 18.6 Å². The highest BCUT2D eigenvalue weighted by molar-refractivity contribution is 9.10. The van der Waals surface area contributed by atoms with Crippen LogP contribution in [0.15, 0.2) is 21.8 Å². The highest BCUT2D eigenvalue weighted by Gasteiger charge is 2.12. The van der Waals surface area contributed by atoms with Crippen molar-refractivity contribution >= 4 is 21.6 Å². The molecule has 0 amide bonds. The molecule has 1 atom stereocenters. The molecule has 0 saturated heterocycles. The van der Waals surface area contributed by atoms with E-state index in [0.717, 1.165) is 6.07 Å². The van der Waals surface area contributed by atoms with Crippen molar-refractivity contribution in [3.05, 3.63) is 32.9 Å². The molecule has 5 heteroatoms. The van der Waals surface area contributed by atoms with Gasteiger partial charge < -0.3 is 5.11 Å². The summed E-state index contributed by atoms with van der Waals surface area (Å²) in [5.41, 5.74) is 0.235. The smallest absolute Gasteiger partial charge is 0.137 e. The minimum absolute atomic E-state index is 0.0447. The van der Waals surface area contributed by atoms with Crippen LogP contribution in [-0.4, -0.2) is 5.11 Å². The maximum atomic E-state index is 13.0. The number of hydrogen-bond donors (Lipinski definition) is 1. The molecule has 0 aliphatic carbocycles. The van der Waals surface area contributed by atoms with Gasteiger partial charge in [-0.3, -0.25) is 0 Å². The molecule has 0 radical (unpaired) electrons. The molecule has 13 heavy (non-hydrogen) atoms. The van der Waals surface area contributed by atoms with Crippen LogP contribution >= 0.6 is 15.9 Å². The van der Waals surface area contributed by atoms with E-state index in [2.05, 4.69) is 21.1 Å². The van der Waals surface area contributed by atoms with Gasteiger partial charge in [-0.05, 0) is 40.2 Å². The summed E-state index contributed by atoms with van der Waals surface area (Å²) in [6.07, 6.45) is -0.907. The fraction of sp³-hybridized carbons (Fsp3) is 0.250. The Hall–Kier alpha value is -0.810. The van der Waals surface area contributed by atoms with Crippen LogP contribution in [0.5, 0.6) is 0 Å². The van der Waals surface area contributed by atoms with E-state index in [1.54, 1.807) is 0 Å². The number of rotatable bonds is 2. The van der Waals surface area contributed by atoms with Gasteiger partial charge in [0.15, 0.2) is 0 Å². The molecule has 3 nitrogen and oxygen atoms in total. The average Bonchev–Trinajstić information content (AvgIpc) is 2.08. The van der Waals surface area contributed by atoms with Gasteiger partial charge in [0, 0.05) is 5.56 Å². The number of nitroso groups, excluding NO2 is 1. The van der Waals surface area contributed by atoms with E-state index in [0.29, 0.717) is 0 Å². The van der Waals surface area contributed by atoms with E-state index in [1.807, 2.05) is 0 Å². The van der Waals surface area contributed by atoms with Crippen LogP contribution in [0.3, 0.4) is 0 Å². The van der Waals surface area contributed by atoms with Crippen LogP contribution in [0.25, 0.3) is 0 Å². The van der Waals surface area contributed by atoms with Gasteiger partial charge in [0.25, 0.3) is 0 Å². The zero-order valence-electron chi connectivity index (χ0n) is 6.79. The molecule has 70 valence electrons. The summed E-state index contributed by atoms with van der Waals surface area (Å²) in [7, 11) is 0. The van der Waals surface area contributed by atoms with Crippen LogP contribution in [0.4, 0.5) is 10.1 Å². The number of hydrogen-bond acceptors (Lipinski definition) is 3. The number of nitrogens with zero attached hydrogens (tertiary/aromatic N) is 1. The number of aliphatic hydroxyl groups is 1. The van der Waals surface area contributed by atoms with E-state index in [4.69, 9.17) is 0 Å². The average molecular weight is 248 g/mol. The molecule has 1 aromatic rings. The maximum absolute atomic E-state index is 13.0. The summed E-state index contributed by atoms with van der Waals surface area (Å²) in [5, 5.41) is 11.9. The Labute approximate surface area is 82.7 Å². The quantitative estimate of drug-likeness (QED) is 0.817. The molecular weight excluding hydrogens is 241 g/mol. The van der Waals surface area contributed by atoms with Crippen LogP contribution in [-0.2, 0) is 0 Å². The lowest BCUT2D eigenvalue weighted by molar-refractivity contribution is 0.199. The van der Waals surface area contributed by atoms with E-state index >= 15 is 0 Å². The Kier molecular flexibility index (Phi) is 3.11. The van der Waals surface area contributed by atoms with Crippen molar-refractivity contribution in [3.8, 4) is 0 Å². The fourth-order valence-electron chi connectivity index (χ4n) is 0.965. The molecule has 0 aromatic heterocycles. The standard InChI is InChI=1S/C8H7BrFNO2/c1-4(12)5-2-7(10)6(9)3-8(5)11-13/h2-4,12H,1H3. The predicted octanol–water partition coefficient (Wildman–Crippen LogP) is 3.04. The normalized spacial score (nSPS) is 12.6. The molecule has 0 heterocycles. The minimum atomic E-state index is -0.907. The molecule has 0 aliphatic rings. The Bertz CT molecular complexity index is 341. The van der Waals surface area contributed by atoms with Gasteiger partial charge in [0.2, 0.25) is 0 Å². The van der Waals surface area contributed by atoms with Crippen molar-refractivity contribution in [2.24, 2.45) is 5.18 Å². The monoisotopic (exact) mass is 247 g/mol. The number of halogens is 2. The molecule has 1 rings (SSSR count). The van der Waals surface area contributed by atoms with Gasteiger partial charge in [0.1, 0.15) is 11.5 Å². The van der Waals surface area contributed by atoms with E-state index in [1.165, 1.54) is 13.0 Å². The summed E-state index contributed by atoms with van der Waals surface area (Å²) in [6, 6.07) is 2.33. The molecule has 0 bridgehead atoms. The van der Waals surface area contributed by atoms with Crippen LogP contribution < -0.4 is 0 Å². The number of benzene rings is 1. The first-order valence-electron chi connectivity index (χ1n) is 3.56. The van der Waals surface area contributed by atoms with Crippen molar-refractivity contribution in [3.63, 3.8) is 0 Å². The number of aliphatic hydroxyl groups excluding tert-OH is 1. The molecule has 1 unspecified atom stereocenters. The second-order valence-corrected chi connectivity index (χ2v) is 3.45. The van der Waals surface area contributed by atoms with E-state index < -0.39 is 11.9 Å². The third-order valence-corrected chi connectivity index (χ3v) is 2.23. The summed E-state index contributed by atoms with van der Waals surface area (Å²) >= 11 is 2.91. The van der Waals surface area contributed by atoms with Gasteiger partial charge in [-0.1, -0.05) is 0 Å². The summed E-state index contributed by atoms with van der Waals surface area (Å²) < 4.78 is 13.1. The largest absolute Gasteiger partial charge is 0.389 e. The van der Waals surface area contributed by atoms with E-state index in [9.17, 15) is 14.4 Å². The fourth-order valence-corrected chi connectivity index (χ4v) is 1.30. The second kappa shape index (κ2) is 3.93. The lowest BCUT2D eigenvalue weighted by Crippen LogP contribution is -1.93. The van der Waals surface area contributed by atoms with Crippen molar-refractivity contribution in [2.75, 3.05) is 0 Å². The highest BCUT2D eigenvalue weighted by atomic mass is 79.9. The SMILES string of the molecule is CC(O)c1cc(F)c(Br)cc1N=O. The highest BCUT2D eigenvalue weighted by Crippen LogP contribution is 2.30. The van der Waals surface area contributed by atoms with Crippen molar-refractivity contribution in [1.82, 2.24) is 0 Å². The lowest BCUT2D eigenvalue weighted by atomic mass is 10.1. The topological polar surface area (TPSA) is 49.7 Å². The van der Waals surface area contributed by atoms with Crippen molar-refractivity contribution in [1.29, 1.82) is 0 Å². The van der Waals surface area contributed by atoms with Crippen LogP contribution in [0.2, 0.25) is 0 Å². The van der Waals surface area contributed by atoms with Gasteiger partial charge in [-0.25, -0.2) is 4.39 Å². The first-order chi connectivity index (χ1) is 6.06. The first-order valence-corrected chi connectivity index (χ1v) is 4.36. The molecule has 1 aromatic carbocycles. The van der Waals surface area contributed by atoms with Crippen molar-refractivity contribution < 1.29 is 9.50 Å². The van der Waals surface area contributed by atoms with Crippen molar-refractivity contribution in [2.45, 2.75) is 13.0 Å². The molecule has 1 N–H and O–H groups in total. The second-order valence-electron chi connectivity index (χ2n) is 2.59. The Morgan fingerprint density at radius 2 is 2.23 bits per heavy atom.